The van der Waals surface area contributed by atoms with E-state index in [1.807, 2.05) is 24.3 Å². The van der Waals surface area contributed by atoms with Gasteiger partial charge in [0, 0.05) is 25.3 Å². The van der Waals surface area contributed by atoms with Crippen LogP contribution in [-0.2, 0) is 16.4 Å². The lowest BCUT2D eigenvalue weighted by Gasteiger charge is -2.30. The molecule has 0 bridgehead atoms. The largest absolute Gasteiger partial charge is 0.396 e. The van der Waals surface area contributed by atoms with E-state index in [0.717, 1.165) is 18.4 Å². The van der Waals surface area contributed by atoms with E-state index in [2.05, 4.69) is 5.32 Å². The lowest BCUT2D eigenvalue weighted by atomic mass is 10.0. The van der Waals surface area contributed by atoms with Crippen molar-refractivity contribution in [1.82, 2.24) is 5.32 Å². The molecule has 2 aromatic carbocycles. The number of carbonyl (C=O) groups is 1. The molecule has 0 aliphatic carbocycles. The first-order chi connectivity index (χ1) is 12.5. The summed E-state index contributed by atoms with van der Waals surface area (Å²) in [5.74, 6) is -0.352. The minimum absolute atomic E-state index is 0.0108. The van der Waals surface area contributed by atoms with Crippen molar-refractivity contribution >= 4 is 21.6 Å². The van der Waals surface area contributed by atoms with Crippen LogP contribution < -0.4 is 9.62 Å². The number of benzene rings is 2. The zero-order chi connectivity index (χ0) is 18.6. The first-order valence-corrected chi connectivity index (χ1v) is 10.1. The van der Waals surface area contributed by atoms with Crippen molar-refractivity contribution in [3.05, 3.63) is 59.7 Å². The first-order valence-electron chi connectivity index (χ1n) is 8.64. The molecule has 0 fully saturated rings. The summed E-state index contributed by atoms with van der Waals surface area (Å²) >= 11 is 0. The third-order valence-electron chi connectivity index (χ3n) is 4.37. The number of hydrogen-bond acceptors (Lipinski definition) is 4. The Morgan fingerprint density at radius 2 is 1.96 bits per heavy atom. The van der Waals surface area contributed by atoms with Gasteiger partial charge in [0.2, 0.25) is 0 Å². The van der Waals surface area contributed by atoms with Crippen LogP contribution in [0.3, 0.4) is 0 Å². The number of nitrogens with one attached hydrogen (secondary N) is 1. The number of amides is 1. The average Bonchev–Trinajstić information content (AvgIpc) is 2.67. The molecule has 0 saturated carbocycles. The monoisotopic (exact) mass is 374 g/mol. The zero-order valence-corrected chi connectivity index (χ0v) is 15.2. The molecule has 6 nitrogen and oxygen atoms in total. The molecular formula is C19H22N2O4S. The number of rotatable bonds is 6. The fourth-order valence-electron chi connectivity index (χ4n) is 3.06. The van der Waals surface area contributed by atoms with Crippen LogP contribution in [0.15, 0.2) is 53.4 Å². The number of nitrogens with zero attached hydrogens (tertiary/aromatic N) is 1. The van der Waals surface area contributed by atoms with E-state index >= 15 is 0 Å². The van der Waals surface area contributed by atoms with E-state index in [1.165, 1.54) is 16.4 Å². The van der Waals surface area contributed by atoms with Crippen molar-refractivity contribution in [2.75, 3.05) is 24.0 Å². The fraction of sp³-hybridized carbons (Fsp3) is 0.316. The van der Waals surface area contributed by atoms with Gasteiger partial charge in [0.15, 0.2) is 0 Å². The molecule has 7 heteroatoms. The van der Waals surface area contributed by atoms with Gasteiger partial charge in [0.05, 0.1) is 10.6 Å². The molecule has 2 N–H and O–H groups in total. The number of anilines is 1. The zero-order valence-electron chi connectivity index (χ0n) is 14.4. The summed E-state index contributed by atoms with van der Waals surface area (Å²) in [4.78, 5) is 12.3. The standard InChI is InChI=1S/C19H22N2O4S/c22-13-5-11-20-19(23)16-7-3-9-17(14-16)26(24,25)21-12-4-8-15-6-1-2-10-18(15)21/h1-3,6-7,9-10,14,22H,4-5,8,11-13H2,(H,20,23). The molecule has 0 unspecified atom stereocenters. The highest BCUT2D eigenvalue weighted by Crippen LogP contribution is 2.31. The predicted molar refractivity (Wildman–Crippen MR) is 99.8 cm³/mol. The molecule has 3 rings (SSSR count). The predicted octanol–water partition coefficient (Wildman–Crippen LogP) is 1.94. The van der Waals surface area contributed by atoms with Crippen LogP contribution in [0.5, 0.6) is 0 Å². The van der Waals surface area contributed by atoms with Crippen LogP contribution >= 0.6 is 0 Å². The summed E-state index contributed by atoms with van der Waals surface area (Å²) in [5, 5.41) is 11.5. The SMILES string of the molecule is O=C(NCCCO)c1cccc(S(=O)(=O)N2CCCc3ccccc32)c1. The van der Waals surface area contributed by atoms with E-state index in [-0.39, 0.29) is 23.0 Å². The van der Waals surface area contributed by atoms with Crippen LogP contribution in [-0.4, -0.2) is 39.1 Å². The van der Waals surface area contributed by atoms with Gasteiger partial charge >= 0.3 is 0 Å². The Kier molecular flexibility index (Phi) is 5.58. The summed E-state index contributed by atoms with van der Waals surface area (Å²) < 4.78 is 27.7. The number of aryl methyl sites for hydroxylation is 1. The molecular weight excluding hydrogens is 352 g/mol. The number of carbonyl (C=O) groups excluding carboxylic acids is 1. The quantitative estimate of drug-likeness (QED) is 0.757. The van der Waals surface area contributed by atoms with Crippen LogP contribution in [0, 0.1) is 0 Å². The Morgan fingerprint density at radius 1 is 1.15 bits per heavy atom. The molecule has 1 amide bonds. The van der Waals surface area contributed by atoms with Crippen molar-refractivity contribution in [1.29, 1.82) is 0 Å². The van der Waals surface area contributed by atoms with E-state index < -0.39 is 10.0 Å². The van der Waals surface area contributed by atoms with E-state index in [4.69, 9.17) is 5.11 Å². The molecule has 0 aromatic heterocycles. The minimum atomic E-state index is -3.74. The first kappa shape index (κ1) is 18.4. The number of para-hydroxylation sites is 1. The van der Waals surface area contributed by atoms with Gasteiger partial charge in [0.25, 0.3) is 15.9 Å². The lowest BCUT2D eigenvalue weighted by molar-refractivity contribution is 0.0951. The maximum atomic E-state index is 13.1. The fourth-order valence-corrected chi connectivity index (χ4v) is 4.64. The second-order valence-electron chi connectivity index (χ2n) is 6.17. The number of sulfonamides is 1. The normalized spacial score (nSPS) is 14.0. The van der Waals surface area contributed by atoms with Gasteiger partial charge < -0.3 is 10.4 Å². The smallest absolute Gasteiger partial charge is 0.264 e. The maximum Gasteiger partial charge on any atom is 0.264 e. The molecule has 26 heavy (non-hydrogen) atoms. The van der Waals surface area contributed by atoms with E-state index in [1.54, 1.807) is 12.1 Å². The highest BCUT2D eigenvalue weighted by molar-refractivity contribution is 7.92. The summed E-state index contributed by atoms with van der Waals surface area (Å²) in [6.45, 7) is 0.751. The molecule has 0 spiro atoms. The highest BCUT2D eigenvalue weighted by atomic mass is 32.2. The molecule has 0 saturated heterocycles. The van der Waals surface area contributed by atoms with Gasteiger partial charge in [-0.15, -0.1) is 0 Å². The number of aliphatic hydroxyl groups excluding tert-OH is 1. The summed E-state index contributed by atoms with van der Waals surface area (Å²) in [7, 11) is -3.74. The van der Waals surface area contributed by atoms with Crippen LogP contribution in [0.4, 0.5) is 5.69 Å². The van der Waals surface area contributed by atoms with Crippen LogP contribution in [0.1, 0.15) is 28.8 Å². The summed E-state index contributed by atoms with van der Waals surface area (Å²) in [5.41, 5.74) is 2.01. The molecule has 0 radical (unpaired) electrons. The number of aliphatic hydroxyl groups is 1. The van der Waals surface area contributed by atoms with Gasteiger partial charge in [-0.25, -0.2) is 8.42 Å². The van der Waals surface area contributed by atoms with Gasteiger partial charge in [-0.1, -0.05) is 24.3 Å². The second-order valence-corrected chi connectivity index (χ2v) is 8.03. The average molecular weight is 374 g/mol. The topological polar surface area (TPSA) is 86.7 Å². The van der Waals surface area contributed by atoms with Crippen LogP contribution in [0.25, 0.3) is 0 Å². The van der Waals surface area contributed by atoms with Crippen molar-refractivity contribution in [2.45, 2.75) is 24.2 Å². The van der Waals surface area contributed by atoms with Crippen molar-refractivity contribution in [3.8, 4) is 0 Å². The lowest BCUT2D eigenvalue weighted by Crippen LogP contribution is -2.35. The van der Waals surface area contributed by atoms with Crippen LogP contribution in [0.2, 0.25) is 0 Å². The van der Waals surface area contributed by atoms with Crippen molar-refractivity contribution in [2.24, 2.45) is 0 Å². The van der Waals surface area contributed by atoms with Gasteiger partial charge in [0.1, 0.15) is 0 Å². The Hall–Kier alpha value is -2.38. The van der Waals surface area contributed by atoms with Crippen molar-refractivity contribution < 1.29 is 18.3 Å². The Balaban J connectivity index is 1.89. The molecule has 1 aliphatic heterocycles. The Bertz CT molecular complexity index is 896. The molecule has 1 heterocycles. The summed E-state index contributed by atoms with van der Waals surface area (Å²) in [6, 6.07) is 13.6. The van der Waals surface area contributed by atoms with Crippen molar-refractivity contribution in [3.63, 3.8) is 0 Å². The Morgan fingerprint density at radius 3 is 2.77 bits per heavy atom. The summed E-state index contributed by atoms with van der Waals surface area (Å²) in [6.07, 6.45) is 2.07. The van der Waals surface area contributed by atoms with E-state index in [9.17, 15) is 13.2 Å². The van der Waals surface area contributed by atoms with E-state index in [0.29, 0.717) is 25.2 Å². The highest BCUT2D eigenvalue weighted by Gasteiger charge is 2.29. The third kappa shape index (κ3) is 3.73. The number of fused-ring (bicyclic) bond motifs is 1. The maximum absolute atomic E-state index is 13.1. The van der Waals surface area contributed by atoms with Gasteiger partial charge in [-0.05, 0) is 49.1 Å². The Labute approximate surface area is 153 Å². The molecule has 0 atom stereocenters. The molecule has 138 valence electrons. The molecule has 1 aliphatic rings. The number of hydrogen-bond donors (Lipinski definition) is 2. The second kappa shape index (κ2) is 7.88. The third-order valence-corrected chi connectivity index (χ3v) is 6.18. The minimum Gasteiger partial charge on any atom is -0.396 e. The molecule has 2 aromatic rings. The van der Waals surface area contributed by atoms with Gasteiger partial charge in [-0.2, -0.15) is 0 Å². The van der Waals surface area contributed by atoms with Gasteiger partial charge in [-0.3, -0.25) is 9.10 Å².